The molecule has 0 saturated carbocycles. The van der Waals surface area contributed by atoms with Crippen LogP contribution in [-0.2, 0) is 14.9 Å². The van der Waals surface area contributed by atoms with Crippen molar-refractivity contribution in [2.75, 3.05) is 25.2 Å². The molecule has 1 amide bonds. The fourth-order valence-corrected chi connectivity index (χ4v) is 3.26. The molecular weight excluding hydrogens is 293 g/mol. The molecule has 0 bridgehead atoms. The summed E-state index contributed by atoms with van der Waals surface area (Å²) in [6.45, 7) is 1.07. The molecule has 2 aromatic rings. The molecule has 0 aromatic heterocycles. The highest BCUT2D eigenvalue weighted by atomic mass is 19.1. The topological polar surface area (TPSA) is 29.5 Å². The van der Waals surface area contributed by atoms with Crippen molar-refractivity contribution in [2.24, 2.45) is 0 Å². The van der Waals surface area contributed by atoms with E-state index in [1.165, 1.54) is 11.0 Å². The molecule has 3 rings (SSSR count). The second-order valence-electron chi connectivity index (χ2n) is 5.88. The van der Waals surface area contributed by atoms with E-state index in [2.05, 4.69) is 0 Å². The predicted octanol–water partition coefficient (Wildman–Crippen LogP) is 3.54. The second kappa shape index (κ2) is 6.50. The number of rotatable bonds is 3. The molecule has 1 heterocycles. The highest BCUT2D eigenvalue weighted by molar-refractivity contribution is 6.01. The lowest BCUT2D eigenvalue weighted by Crippen LogP contribution is -2.49. The molecule has 0 N–H and O–H groups in total. The minimum Gasteiger partial charge on any atom is -0.381 e. The van der Waals surface area contributed by atoms with Crippen LogP contribution < -0.4 is 4.90 Å². The summed E-state index contributed by atoms with van der Waals surface area (Å²) in [6, 6.07) is 16.1. The minimum atomic E-state index is -0.656. The SMILES string of the molecule is CN(C(=O)C1(c2ccccc2)CCOCC1)c1ccccc1F. The zero-order valence-electron chi connectivity index (χ0n) is 13.2. The molecule has 0 atom stereocenters. The third kappa shape index (κ3) is 2.86. The molecule has 0 spiro atoms. The van der Waals surface area contributed by atoms with Crippen LogP contribution in [0.5, 0.6) is 0 Å². The number of likely N-dealkylation sites (N-methyl/N-ethyl adjacent to an activating group) is 1. The molecule has 1 aliphatic rings. The molecule has 120 valence electrons. The van der Waals surface area contributed by atoms with Gasteiger partial charge in [0.15, 0.2) is 0 Å². The molecule has 1 saturated heterocycles. The number of ether oxygens (including phenoxy) is 1. The molecular formula is C19H20FNO2. The first-order valence-electron chi connectivity index (χ1n) is 7.81. The number of anilines is 1. The van der Waals surface area contributed by atoms with Crippen molar-refractivity contribution in [3.8, 4) is 0 Å². The summed E-state index contributed by atoms with van der Waals surface area (Å²) in [5.41, 5.74) is 0.618. The van der Waals surface area contributed by atoms with Gasteiger partial charge in [-0.15, -0.1) is 0 Å². The van der Waals surface area contributed by atoms with Gasteiger partial charge in [0.2, 0.25) is 5.91 Å². The number of benzene rings is 2. The summed E-state index contributed by atoms with van der Waals surface area (Å²) in [6.07, 6.45) is 1.21. The Labute approximate surface area is 135 Å². The standard InChI is InChI=1S/C19H20FNO2/c1-21(17-10-6-5-9-16(17)20)18(22)19(11-13-23-14-12-19)15-7-3-2-4-8-15/h2-10H,11-14H2,1H3. The normalized spacial score (nSPS) is 16.8. The summed E-state index contributed by atoms with van der Waals surface area (Å²) in [7, 11) is 1.64. The number of hydrogen-bond acceptors (Lipinski definition) is 2. The smallest absolute Gasteiger partial charge is 0.237 e. The van der Waals surface area contributed by atoms with Crippen LogP contribution in [0.2, 0.25) is 0 Å². The van der Waals surface area contributed by atoms with E-state index in [1.807, 2.05) is 30.3 Å². The van der Waals surface area contributed by atoms with E-state index in [9.17, 15) is 9.18 Å². The molecule has 3 nitrogen and oxygen atoms in total. The largest absolute Gasteiger partial charge is 0.381 e. The predicted molar refractivity (Wildman–Crippen MR) is 88.0 cm³/mol. The van der Waals surface area contributed by atoms with Crippen molar-refractivity contribution in [2.45, 2.75) is 18.3 Å². The Kier molecular flexibility index (Phi) is 4.44. The van der Waals surface area contributed by atoms with Crippen molar-refractivity contribution < 1.29 is 13.9 Å². The number of para-hydroxylation sites is 1. The Bertz CT molecular complexity index is 681. The fraction of sp³-hybridized carbons (Fsp3) is 0.316. The van der Waals surface area contributed by atoms with Gasteiger partial charge in [-0.1, -0.05) is 42.5 Å². The molecule has 0 radical (unpaired) electrons. The lowest BCUT2D eigenvalue weighted by Gasteiger charge is -2.39. The third-order valence-electron chi connectivity index (χ3n) is 4.60. The molecule has 0 aliphatic carbocycles. The summed E-state index contributed by atoms with van der Waals surface area (Å²) in [5.74, 6) is -0.476. The Hall–Kier alpha value is -2.20. The van der Waals surface area contributed by atoms with E-state index < -0.39 is 11.2 Å². The number of amides is 1. The molecule has 0 unspecified atom stereocenters. The quantitative estimate of drug-likeness (QED) is 0.867. The van der Waals surface area contributed by atoms with Crippen LogP contribution in [0, 0.1) is 5.82 Å². The maximum atomic E-state index is 14.1. The Morgan fingerprint density at radius 3 is 2.30 bits per heavy atom. The van der Waals surface area contributed by atoms with Crippen LogP contribution in [0.4, 0.5) is 10.1 Å². The summed E-state index contributed by atoms with van der Waals surface area (Å²) in [5, 5.41) is 0. The molecule has 2 aromatic carbocycles. The van der Waals surface area contributed by atoms with E-state index in [-0.39, 0.29) is 5.91 Å². The van der Waals surface area contributed by atoms with E-state index in [0.29, 0.717) is 31.7 Å². The van der Waals surface area contributed by atoms with Crippen LogP contribution in [0.25, 0.3) is 0 Å². The van der Waals surface area contributed by atoms with Gasteiger partial charge in [-0.25, -0.2) is 4.39 Å². The summed E-state index contributed by atoms with van der Waals surface area (Å²) < 4.78 is 19.5. The first-order valence-corrected chi connectivity index (χ1v) is 7.81. The van der Waals surface area contributed by atoms with Gasteiger partial charge in [0, 0.05) is 20.3 Å². The lowest BCUT2D eigenvalue weighted by molar-refractivity contribution is -0.127. The number of hydrogen-bond donors (Lipinski definition) is 0. The maximum Gasteiger partial charge on any atom is 0.237 e. The minimum absolute atomic E-state index is 0.0860. The van der Waals surface area contributed by atoms with Gasteiger partial charge in [-0.3, -0.25) is 4.79 Å². The van der Waals surface area contributed by atoms with E-state index in [0.717, 1.165) is 5.56 Å². The van der Waals surface area contributed by atoms with Crippen molar-refractivity contribution in [3.63, 3.8) is 0 Å². The van der Waals surface area contributed by atoms with Crippen LogP contribution in [-0.4, -0.2) is 26.2 Å². The number of carbonyl (C=O) groups is 1. The van der Waals surface area contributed by atoms with Gasteiger partial charge in [0.05, 0.1) is 11.1 Å². The second-order valence-corrected chi connectivity index (χ2v) is 5.88. The Morgan fingerprint density at radius 1 is 1.04 bits per heavy atom. The Balaban J connectivity index is 2.00. The van der Waals surface area contributed by atoms with E-state index in [4.69, 9.17) is 4.74 Å². The van der Waals surface area contributed by atoms with Crippen LogP contribution >= 0.6 is 0 Å². The van der Waals surface area contributed by atoms with Gasteiger partial charge >= 0.3 is 0 Å². The lowest BCUT2D eigenvalue weighted by atomic mass is 9.73. The molecule has 23 heavy (non-hydrogen) atoms. The van der Waals surface area contributed by atoms with E-state index in [1.54, 1.807) is 25.2 Å². The van der Waals surface area contributed by atoms with Crippen molar-refractivity contribution in [3.05, 3.63) is 66.0 Å². The maximum absolute atomic E-state index is 14.1. The number of carbonyl (C=O) groups excluding carboxylic acids is 1. The highest BCUT2D eigenvalue weighted by Crippen LogP contribution is 2.37. The highest BCUT2D eigenvalue weighted by Gasteiger charge is 2.43. The van der Waals surface area contributed by atoms with Gasteiger partial charge in [0.1, 0.15) is 5.82 Å². The molecule has 1 aliphatic heterocycles. The van der Waals surface area contributed by atoms with Crippen molar-refractivity contribution >= 4 is 11.6 Å². The number of nitrogens with zero attached hydrogens (tertiary/aromatic N) is 1. The number of halogens is 1. The van der Waals surface area contributed by atoms with E-state index >= 15 is 0 Å². The van der Waals surface area contributed by atoms with Gasteiger partial charge in [-0.05, 0) is 30.5 Å². The zero-order valence-corrected chi connectivity index (χ0v) is 13.2. The molecule has 4 heteroatoms. The average molecular weight is 313 g/mol. The van der Waals surface area contributed by atoms with Crippen LogP contribution in [0.1, 0.15) is 18.4 Å². The first kappa shape index (κ1) is 15.7. The third-order valence-corrected chi connectivity index (χ3v) is 4.60. The van der Waals surface area contributed by atoms with Crippen LogP contribution in [0.15, 0.2) is 54.6 Å². The first-order chi connectivity index (χ1) is 11.1. The summed E-state index contributed by atoms with van der Waals surface area (Å²) in [4.78, 5) is 14.7. The van der Waals surface area contributed by atoms with Gasteiger partial charge in [0.25, 0.3) is 0 Å². The van der Waals surface area contributed by atoms with Crippen molar-refractivity contribution in [1.82, 2.24) is 0 Å². The monoisotopic (exact) mass is 313 g/mol. The van der Waals surface area contributed by atoms with Crippen LogP contribution in [0.3, 0.4) is 0 Å². The average Bonchev–Trinajstić information content (AvgIpc) is 2.62. The van der Waals surface area contributed by atoms with Gasteiger partial charge in [-0.2, -0.15) is 0 Å². The summed E-state index contributed by atoms with van der Waals surface area (Å²) >= 11 is 0. The molecule has 1 fully saturated rings. The Morgan fingerprint density at radius 2 is 1.65 bits per heavy atom. The van der Waals surface area contributed by atoms with Crippen molar-refractivity contribution in [1.29, 1.82) is 0 Å². The fourth-order valence-electron chi connectivity index (χ4n) is 3.26. The van der Waals surface area contributed by atoms with Gasteiger partial charge < -0.3 is 9.64 Å². The zero-order chi connectivity index (χ0) is 16.3.